The van der Waals surface area contributed by atoms with Gasteiger partial charge in [-0.1, -0.05) is 25.1 Å². The van der Waals surface area contributed by atoms with Crippen molar-refractivity contribution in [1.82, 2.24) is 0 Å². The highest BCUT2D eigenvalue weighted by Gasteiger charge is 2.12. The van der Waals surface area contributed by atoms with E-state index in [1.54, 1.807) is 13.0 Å². The average Bonchev–Trinajstić information content (AvgIpc) is 2.16. The van der Waals surface area contributed by atoms with Gasteiger partial charge >= 0.3 is 5.97 Å². The number of hydrogen-bond acceptors (Lipinski definition) is 3. The molecule has 0 aliphatic carbocycles. The Hall–Kier alpha value is -1.35. The highest BCUT2D eigenvalue weighted by Crippen LogP contribution is 2.11. The maximum Gasteiger partial charge on any atom is 0.339 e. The summed E-state index contributed by atoms with van der Waals surface area (Å²) in [5.74, 6) is -0.350. The molecule has 14 heavy (non-hydrogen) atoms. The Labute approximate surface area is 83.9 Å². The summed E-state index contributed by atoms with van der Waals surface area (Å²) in [5.41, 5.74) is 6.97. The summed E-state index contributed by atoms with van der Waals surface area (Å²) in [6.07, 6.45) is 0.247. The summed E-state index contributed by atoms with van der Waals surface area (Å²) in [4.78, 5) is 11.5. The maximum absolute atomic E-state index is 11.5. The number of carbonyl (C=O) groups excluding carboxylic acids is 1. The Morgan fingerprint density at radius 2 is 2.14 bits per heavy atom. The molecule has 1 unspecified atom stereocenters. The van der Waals surface area contributed by atoms with Gasteiger partial charge in [-0.3, -0.25) is 5.73 Å². The van der Waals surface area contributed by atoms with E-state index in [1.165, 1.54) is 0 Å². The van der Waals surface area contributed by atoms with Crippen molar-refractivity contribution in [3.05, 3.63) is 35.4 Å². The predicted molar refractivity (Wildman–Crippen MR) is 54.9 cm³/mol. The third-order valence-electron chi connectivity index (χ3n) is 1.91. The van der Waals surface area contributed by atoms with E-state index >= 15 is 0 Å². The van der Waals surface area contributed by atoms with Crippen molar-refractivity contribution in [3.8, 4) is 0 Å². The summed E-state index contributed by atoms with van der Waals surface area (Å²) in [5, 5.41) is 0. The van der Waals surface area contributed by atoms with E-state index < -0.39 is 6.23 Å². The number of hydrogen-bond donors (Lipinski definition) is 1. The molecule has 0 radical (unpaired) electrons. The standard InChI is InChI=1S/C11H15NO2/c1-3-9-6-4-5-7-10(9)11(13)14-8(2)12/h4-8H,3,12H2,1-2H3. The van der Waals surface area contributed by atoms with Gasteiger partial charge in [-0.05, 0) is 25.0 Å². The molecule has 0 amide bonds. The monoisotopic (exact) mass is 193 g/mol. The zero-order chi connectivity index (χ0) is 10.6. The third-order valence-corrected chi connectivity index (χ3v) is 1.91. The molecule has 1 aromatic carbocycles. The molecule has 0 saturated heterocycles. The normalized spacial score (nSPS) is 12.2. The van der Waals surface area contributed by atoms with E-state index in [4.69, 9.17) is 10.5 Å². The first-order chi connectivity index (χ1) is 6.65. The Balaban J connectivity index is 2.88. The fraction of sp³-hybridized carbons (Fsp3) is 0.364. The van der Waals surface area contributed by atoms with E-state index in [1.807, 2.05) is 25.1 Å². The van der Waals surface area contributed by atoms with Crippen LogP contribution in [0.1, 0.15) is 29.8 Å². The predicted octanol–water partition coefficient (Wildman–Crippen LogP) is 1.71. The van der Waals surface area contributed by atoms with Gasteiger partial charge in [0.2, 0.25) is 0 Å². The summed E-state index contributed by atoms with van der Waals surface area (Å²) in [7, 11) is 0. The van der Waals surface area contributed by atoms with E-state index in [0.717, 1.165) is 12.0 Å². The topological polar surface area (TPSA) is 52.3 Å². The number of benzene rings is 1. The van der Waals surface area contributed by atoms with Gasteiger partial charge in [0.1, 0.15) is 6.23 Å². The average molecular weight is 193 g/mol. The Kier molecular flexibility index (Phi) is 3.65. The van der Waals surface area contributed by atoms with Gasteiger partial charge < -0.3 is 4.74 Å². The van der Waals surface area contributed by atoms with Crippen LogP contribution in [0.5, 0.6) is 0 Å². The smallest absolute Gasteiger partial charge is 0.339 e. The molecule has 0 heterocycles. The van der Waals surface area contributed by atoms with Crippen LogP contribution < -0.4 is 5.73 Å². The largest absolute Gasteiger partial charge is 0.444 e. The van der Waals surface area contributed by atoms with E-state index in [9.17, 15) is 4.79 Å². The second-order valence-electron chi connectivity index (χ2n) is 3.12. The van der Waals surface area contributed by atoms with Crippen LogP contribution in [0.2, 0.25) is 0 Å². The molecule has 76 valence electrons. The molecule has 1 aromatic rings. The number of rotatable bonds is 3. The molecule has 1 atom stereocenters. The molecule has 0 aliphatic rings. The van der Waals surface area contributed by atoms with Crippen molar-refractivity contribution in [1.29, 1.82) is 0 Å². The number of aryl methyl sites for hydroxylation is 1. The molecule has 0 aromatic heterocycles. The van der Waals surface area contributed by atoms with Crippen molar-refractivity contribution in [3.63, 3.8) is 0 Å². The molecule has 0 saturated carbocycles. The maximum atomic E-state index is 11.5. The van der Waals surface area contributed by atoms with Crippen molar-refractivity contribution < 1.29 is 9.53 Å². The second-order valence-corrected chi connectivity index (χ2v) is 3.12. The lowest BCUT2D eigenvalue weighted by Gasteiger charge is -2.10. The van der Waals surface area contributed by atoms with Gasteiger partial charge in [-0.25, -0.2) is 4.79 Å². The van der Waals surface area contributed by atoms with E-state index in [2.05, 4.69) is 0 Å². The van der Waals surface area contributed by atoms with Crippen LogP contribution in [0.4, 0.5) is 0 Å². The summed E-state index contributed by atoms with van der Waals surface area (Å²) in [6.45, 7) is 3.63. The van der Waals surface area contributed by atoms with Gasteiger partial charge in [0.25, 0.3) is 0 Å². The van der Waals surface area contributed by atoms with Gasteiger partial charge in [-0.15, -0.1) is 0 Å². The molecule has 3 nitrogen and oxygen atoms in total. The molecule has 3 heteroatoms. The second kappa shape index (κ2) is 4.77. The zero-order valence-corrected chi connectivity index (χ0v) is 8.49. The number of nitrogens with two attached hydrogens (primary N) is 1. The van der Waals surface area contributed by atoms with Crippen LogP contribution in [-0.4, -0.2) is 12.2 Å². The molecular weight excluding hydrogens is 178 g/mol. The van der Waals surface area contributed by atoms with Crippen LogP contribution in [-0.2, 0) is 11.2 Å². The number of carbonyl (C=O) groups is 1. The Morgan fingerprint density at radius 1 is 1.50 bits per heavy atom. The van der Waals surface area contributed by atoms with Crippen LogP contribution in [0.3, 0.4) is 0 Å². The quantitative estimate of drug-likeness (QED) is 0.587. The van der Waals surface area contributed by atoms with Crippen LogP contribution in [0.15, 0.2) is 24.3 Å². The van der Waals surface area contributed by atoms with E-state index in [0.29, 0.717) is 5.56 Å². The first-order valence-corrected chi connectivity index (χ1v) is 4.69. The van der Waals surface area contributed by atoms with Crippen molar-refractivity contribution in [2.24, 2.45) is 5.73 Å². The van der Waals surface area contributed by atoms with Crippen molar-refractivity contribution >= 4 is 5.97 Å². The van der Waals surface area contributed by atoms with Crippen molar-refractivity contribution in [2.45, 2.75) is 26.5 Å². The summed E-state index contributed by atoms with van der Waals surface area (Å²) < 4.78 is 4.92. The molecule has 0 fully saturated rings. The Morgan fingerprint density at radius 3 is 2.71 bits per heavy atom. The van der Waals surface area contributed by atoms with Crippen LogP contribution >= 0.6 is 0 Å². The molecule has 0 spiro atoms. The minimum atomic E-state index is -0.563. The minimum Gasteiger partial charge on any atom is -0.444 e. The van der Waals surface area contributed by atoms with Crippen molar-refractivity contribution in [2.75, 3.05) is 0 Å². The highest BCUT2D eigenvalue weighted by atomic mass is 16.6. The molecular formula is C11H15NO2. The summed E-state index contributed by atoms with van der Waals surface area (Å²) >= 11 is 0. The fourth-order valence-corrected chi connectivity index (χ4v) is 1.26. The van der Waals surface area contributed by atoms with Gasteiger partial charge in [-0.2, -0.15) is 0 Å². The zero-order valence-electron chi connectivity index (χ0n) is 8.49. The lowest BCUT2D eigenvalue weighted by molar-refractivity contribution is 0.0354. The summed E-state index contributed by atoms with van der Waals surface area (Å²) in [6, 6.07) is 7.39. The van der Waals surface area contributed by atoms with Crippen LogP contribution in [0.25, 0.3) is 0 Å². The molecule has 2 N–H and O–H groups in total. The minimum absolute atomic E-state index is 0.350. The molecule has 0 bridgehead atoms. The lowest BCUT2D eigenvalue weighted by Crippen LogP contribution is -2.23. The Bertz CT molecular complexity index is 321. The molecule has 1 rings (SSSR count). The highest BCUT2D eigenvalue weighted by molar-refractivity contribution is 5.91. The number of ether oxygens (including phenoxy) is 1. The fourth-order valence-electron chi connectivity index (χ4n) is 1.26. The SMILES string of the molecule is CCc1ccccc1C(=O)OC(C)N. The van der Waals surface area contributed by atoms with Gasteiger partial charge in [0, 0.05) is 0 Å². The first-order valence-electron chi connectivity index (χ1n) is 4.69. The van der Waals surface area contributed by atoms with E-state index in [-0.39, 0.29) is 5.97 Å². The van der Waals surface area contributed by atoms with Crippen LogP contribution in [0, 0.1) is 0 Å². The van der Waals surface area contributed by atoms with Gasteiger partial charge in [0.05, 0.1) is 5.56 Å². The third kappa shape index (κ3) is 2.57. The number of esters is 1. The lowest BCUT2D eigenvalue weighted by atomic mass is 10.1. The molecule has 0 aliphatic heterocycles. The first kappa shape index (κ1) is 10.7. The van der Waals surface area contributed by atoms with Gasteiger partial charge in [0.15, 0.2) is 0 Å².